The van der Waals surface area contributed by atoms with Crippen LogP contribution >= 0.6 is 0 Å². The Kier molecular flexibility index (Phi) is 8.19. The van der Waals surface area contributed by atoms with Gasteiger partial charge in [0.2, 0.25) is 0 Å². The standard InChI is InChI=1S/C56H37NO/c1-2-12-38(13-3-1)45-19-9-21-49(36-45)57(48-31-28-40(29-32-48)43-17-8-18-44(34-43)46-27-26-39-14-4-5-16-42(39)35-46)50-22-10-20-47(37-50)51-24-11-25-54-55(51)53-33-30-41-15-6-7-23-52(41)56(53)58-54/h1-37H. The van der Waals surface area contributed by atoms with Crippen LogP contribution in [-0.4, -0.2) is 0 Å². The van der Waals surface area contributed by atoms with E-state index in [1.165, 1.54) is 49.5 Å². The van der Waals surface area contributed by atoms with Gasteiger partial charge in [0.15, 0.2) is 0 Å². The minimum atomic E-state index is 0.891. The fraction of sp³-hybridized carbons (Fsp3) is 0. The van der Waals surface area contributed by atoms with Crippen LogP contribution in [0.3, 0.4) is 0 Å². The van der Waals surface area contributed by atoms with E-state index in [0.29, 0.717) is 0 Å². The van der Waals surface area contributed by atoms with E-state index in [0.717, 1.165) is 55.5 Å². The number of fused-ring (bicyclic) bond motifs is 6. The Balaban J connectivity index is 1.02. The Hall–Kier alpha value is -7.68. The molecule has 2 nitrogen and oxygen atoms in total. The Morgan fingerprint density at radius 2 is 0.845 bits per heavy atom. The summed E-state index contributed by atoms with van der Waals surface area (Å²) in [5, 5.41) is 7.07. The molecule has 2 heteroatoms. The topological polar surface area (TPSA) is 16.4 Å². The maximum Gasteiger partial charge on any atom is 0.143 e. The van der Waals surface area contributed by atoms with Crippen molar-refractivity contribution in [2.45, 2.75) is 0 Å². The van der Waals surface area contributed by atoms with Crippen LogP contribution in [0, 0.1) is 0 Å². The van der Waals surface area contributed by atoms with Gasteiger partial charge in [-0.25, -0.2) is 0 Å². The first-order chi connectivity index (χ1) is 28.7. The number of benzene rings is 10. The van der Waals surface area contributed by atoms with E-state index in [2.05, 4.69) is 229 Å². The van der Waals surface area contributed by atoms with Gasteiger partial charge in [0.05, 0.1) is 0 Å². The minimum Gasteiger partial charge on any atom is -0.455 e. The lowest BCUT2D eigenvalue weighted by molar-refractivity contribution is 0.673. The van der Waals surface area contributed by atoms with Crippen molar-refractivity contribution in [3.8, 4) is 44.5 Å². The Morgan fingerprint density at radius 3 is 1.66 bits per heavy atom. The van der Waals surface area contributed by atoms with Crippen molar-refractivity contribution in [1.29, 1.82) is 0 Å². The summed E-state index contributed by atoms with van der Waals surface area (Å²) in [5.41, 5.74) is 14.5. The minimum absolute atomic E-state index is 0.891. The predicted octanol–water partition coefficient (Wildman–Crippen LogP) is 16.0. The van der Waals surface area contributed by atoms with Crippen molar-refractivity contribution >= 4 is 60.5 Å². The van der Waals surface area contributed by atoms with Gasteiger partial charge >= 0.3 is 0 Å². The molecule has 0 amide bonds. The highest BCUT2D eigenvalue weighted by molar-refractivity contribution is 6.19. The summed E-state index contributed by atoms with van der Waals surface area (Å²) < 4.78 is 6.59. The largest absolute Gasteiger partial charge is 0.455 e. The summed E-state index contributed by atoms with van der Waals surface area (Å²) in [6, 6.07) is 80.7. The maximum absolute atomic E-state index is 6.59. The molecule has 0 saturated carbocycles. The molecule has 1 heterocycles. The van der Waals surface area contributed by atoms with Gasteiger partial charge in [-0.15, -0.1) is 0 Å². The molecule has 0 N–H and O–H groups in total. The number of rotatable bonds is 7. The fourth-order valence-corrected chi connectivity index (χ4v) is 8.56. The first-order valence-electron chi connectivity index (χ1n) is 19.8. The van der Waals surface area contributed by atoms with Crippen molar-refractivity contribution < 1.29 is 4.42 Å². The molecule has 1 aromatic heterocycles. The maximum atomic E-state index is 6.59. The van der Waals surface area contributed by atoms with Crippen LogP contribution in [0.1, 0.15) is 0 Å². The third-order valence-corrected chi connectivity index (χ3v) is 11.4. The van der Waals surface area contributed by atoms with E-state index in [-0.39, 0.29) is 0 Å². The zero-order valence-electron chi connectivity index (χ0n) is 31.7. The van der Waals surface area contributed by atoms with Gasteiger partial charge in [0.1, 0.15) is 11.2 Å². The third-order valence-electron chi connectivity index (χ3n) is 11.4. The highest BCUT2D eigenvalue weighted by Crippen LogP contribution is 2.43. The Bertz CT molecular complexity index is 3290. The monoisotopic (exact) mass is 739 g/mol. The quantitative estimate of drug-likeness (QED) is 0.162. The van der Waals surface area contributed by atoms with Gasteiger partial charge in [0.25, 0.3) is 0 Å². The Labute approximate surface area is 337 Å². The molecule has 0 aliphatic carbocycles. The van der Waals surface area contributed by atoms with Gasteiger partial charge in [0, 0.05) is 33.2 Å². The lowest BCUT2D eigenvalue weighted by atomic mass is 9.96. The number of anilines is 3. The molecule has 0 bridgehead atoms. The van der Waals surface area contributed by atoms with Crippen molar-refractivity contribution in [1.82, 2.24) is 0 Å². The molecular formula is C56H37NO. The first-order valence-corrected chi connectivity index (χ1v) is 19.8. The molecule has 0 atom stereocenters. The van der Waals surface area contributed by atoms with E-state index in [1.54, 1.807) is 0 Å². The average Bonchev–Trinajstić information content (AvgIpc) is 3.70. The van der Waals surface area contributed by atoms with Crippen LogP contribution in [0.5, 0.6) is 0 Å². The predicted molar refractivity (Wildman–Crippen MR) is 245 cm³/mol. The third kappa shape index (κ3) is 6.00. The molecule has 0 unspecified atom stereocenters. The molecule has 272 valence electrons. The van der Waals surface area contributed by atoms with Crippen LogP contribution in [0.15, 0.2) is 229 Å². The average molecular weight is 740 g/mol. The van der Waals surface area contributed by atoms with Gasteiger partial charge < -0.3 is 9.32 Å². The molecule has 10 aromatic carbocycles. The summed E-state index contributed by atoms with van der Waals surface area (Å²) in [7, 11) is 0. The van der Waals surface area contributed by atoms with Crippen molar-refractivity contribution in [2.24, 2.45) is 0 Å². The van der Waals surface area contributed by atoms with Gasteiger partial charge in [-0.1, -0.05) is 164 Å². The highest BCUT2D eigenvalue weighted by atomic mass is 16.3. The Morgan fingerprint density at radius 1 is 0.293 bits per heavy atom. The van der Waals surface area contributed by atoms with Crippen LogP contribution in [0.4, 0.5) is 17.1 Å². The molecule has 58 heavy (non-hydrogen) atoms. The second-order valence-electron chi connectivity index (χ2n) is 14.9. The van der Waals surface area contributed by atoms with E-state index in [4.69, 9.17) is 4.42 Å². The molecule has 0 aliphatic rings. The molecule has 0 aliphatic heterocycles. The SMILES string of the molecule is c1ccc(-c2cccc(N(c3ccc(-c4cccc(-c5ccc6ccccc6c5)c4)cc3)c3cccc(-c4cccc5oc6c7ccccc7ccc6c45)c3)c2)cc1. The molecule has 0 saturated heterocycles. The molecule has 11 rings (SSSR count). The number of hydrogen-bond donors (Lipinski definition) is 0. The summed E-state index contributed by atoms with van der Waals surface area (Å²) in [6.07, 6.45) is 0. The van der Waals surface area contributed by atoms with E-state index < -0.39 is 0 Å². The second-order valence-corrected chi connectivity index (χ2v) is 14.9. The van der Waals surface area contributed by atoms with Gasteiger partial charge in [-0.05, 0) is 121 Å². The van der Waals surface area contributed by atoms with Crippen molar-refractivity contribution in [3.05, 3.63) is 224 Å². The molecular weight excluding hydrogens is 703 g/mol. The van der Waals surface area contributed by atoms with Crippen molar-refractivity contribution in [3.63, 3.8) is 0 Å². The molecule has 11 aromatic rings. The van der Waals surface area contributed by atoms with Gasteiger partial charge in [-0.3, -0.25) is 0 Å². The van der Waals surface area contributed by atoms with E-state index in [9.17, 15) is 0 Å². The fourth-order valence-electron chi connectivity index (χ4n) is 8.56. The lowest BCUT2D eigenvalue weighted by Gasteiger charge is -2.27. The van der Waals surface area contributed by atoms with Crippen LogP contribution in [-0.2, 0) is 0 Å². The van der Waals surface area contributed by atoms with E-state index >= 15 is 0 Å². The zero-order chi connectivity index (χ0) is 38.4. The van der Waals surface area contributed by atoms with Crippen molar-refractivity contribution in [2.75, 3.05) is 4.90 Å². The lowest BCUT2D eigenvalue weighted by Crippen LogP contribution is -2.10. The normalized spacial score (nSPS) is 11.4. The number of hydrogen-bond acceptors (Lipinski definition) is 2. The molecule has 0 fully saturated rings. The molecule has 0 radical (unpaired) electrons. The summed E-state index contributed by atoms with van der Waals surface area (Å²) in [6.45, 7) is 0. The summed E-state index contributed by atoms with van der Waals surface area (Å²) in [4.78, 5) is 2.37. The molecule has 0 spiro atoms. The van der Waals surface area contributed by atoms with E-state index in [1.807, 2.05) is 0 Å². The van der Waals surface area contributed by atoms with Crippen LogP contribution in [0.25, 0.3) is 88.0 Å². The van der Waals surface area contributed by atoms with Crippen LogP contribution < -0.4 is 4.90 Å². The number of nitrogens with zero attached hydrogens (tertiary/aromatic N) is 1. The zero-order valence-corrected chi connectivity index (χ0v) is 31.7. The summed E-state index contributed by atoms with van der Waals surface area (Å²) >= 11 is 0. The summed E-state index contributed by atoms with van der Waals surface area (Å²) in [5.74, 6) is 0. The van der Waals surface area contributed by atoms with Crippen LogP contribution in [0.2, 0.25) is 0 Å². The highest BCUT2D eigenvalue weighted by Gasteiger charge is 2.18. The first kappa shape index (κ1) is 33.6. The second kappa shape index (κ2) is 14.1. The smallest absolute Gasteiger partial charge is 0.143 e. The number of furan rings is 1. The van der Waals surface area contributed by atoms with Gasteiger partial charge in [-0.2, -0.15) is 0 Å².